The maximum absolute atomic E-state index is 12.8. The molecule has 7 nitrogen and oxygen atoms in total. The molecule has 0 spiro atoms. The highest BCUT2D eigenvalue weighted by Crippen LogP contribution is 2.52. The zero-order valence-electron chi connectivity index (χ0n) is 19.0. The van der Waals surface area contributed by atoms with E-state index in [9.17, 15) is 9.59 Å². The van der Waals surface area contributed by atoms with Crippen LogP contribution in [-0.4, -0.2) is 55.5 Å². The Morgan fingerprint density at radius 2 is 1.88 bits per heavy atom. The second-order valence-corrected chi connectivity index (χ2v) is 8.70. The van der Waals surface area contributed by atoms with E-state index in [-0.39, 0.29) is 35.5 Å². The van der Waals surface area contributed by atoms with E-state index in [1.54, 1.807) is 0 Å². The van der Waals surface area contributed by atoms with Crippen molar-refractivity contribution in [3.63, 3.8) is 0 Å². The highest BCUT2D eigenvalue weighted by molar-refractivity contribution is 6.06. The predicted octanol–water partition coefficient (Wildman–Crippen LogP) is 2.38. The smallest absolute Gasteiger partial charge is 0.233 e. The normalized spacial score (nSPS) is 26.1. The largest absolute Gasteiger partial charge is 0.494 e. The molecule has 1 heterocycles. The summed E-state index contributed by atoms with van der Waals surface area (Å²) in [6.45, 7) is 7.22. The van der Waals surface area contributed by atoms with Crippen molar-refractivity contribution in [2.45, 2.75) is 33.1 Å². The zero-order valence-corrected chi connectivity index (χ0v) is 19.0. The van der Waals surface area contributed by atoms with Gasteiger partial charge in [-0.2, -0.15) is 0 Å². The number of imide groups is 1. The van der Waals surface area contributed by atoms with Crippen molar-refractivity contribution >= 4 is 17.8 Å². The summed E-state index contributed by atoms with van der Waals surface area (Å²) in [5.74, 6) is 2.02. The molecule has 3 aliphatic rings. The lowest BCUT2D eigenvalue weighted by Crippen LogP contribution is -2.38. The SMILES string of the molecule is CCNC(=NCCCN1C(=O)C2C3C=CC(C3)C2C1=O)NCCc1cccc(OCC)c1. The van der Waals surface area contributed by atoms with Crippen molar-refractivity contribution in [1.29, 1.82) is 0 Å². The van der Waals surface area contributed by atoms with E-state index in [0.717, 1.165) is 37.6 Å². The summed E-state index contributed by atoms with van der Waals surface area (Å²) in [7, 11) is 0. The van der Waals surface area contributed by atoms with Crippen molar-refractivity contribution in [3.8, 4) is 5.75 Å². The number of benzene rings is 1. The van der Waals surface area contributed by atoms with Crippen LogP contribution in [-0.2, 0) is 16.0 Å². The van der Waals surface area contributed by atoms with E-state index in [2.05, 4.69) is 39.9 Å². The first-order chi connectivity index (χ1) is 15.6. The zero-order chi connectivity index (χ0) is 22.5. The van der Waals surface area contributed by atoms with E-state index >= 15 is 0 Å². The van der Waals surface area contributed by atoms with Crippen LogP contribution in [0.15, 0.2) is 41.4 Å². The molecule has 0 radical (unpaired) electrons. The van der Waals surface area contributed by atoms with Gasteiger partial charge in [-0.25, -0.2) is 0 Å². The molecule has 1 aromatic carbocycles. The number of guanidine groups is 1. The Labute approximate surface area is 190 Å². The maximum Gasteiger partial charge on any atom is 0.233 e. The summed E-state index contributed by atoms with van der Waals surface area (Å²) < 4.78 is 5.56. The fourth-order valence-corrected chi connectivity index (χ4v) is 5.23. The van der Waals surface area contributed by atoms with Gasteiger partial charge in [0, 0.05) is 26.2 Å². The Morgan fingerprint density at radius 1 is 1.12 bits per heavy atom. The van der Waals surface area contributed by atoms with Crippen LogP contribution in [0.4, 0.5) is 0 Å². The Balaban J connectivity index is 1.23. The molecule has 2 N–H and O–H groups in total. The molecule has 172 valence electrons. The lowest BCUT2D eigenvalue weighted by molar-refractivity contribution is -0.140. The van der Waals surface area contributed by atoms with Crippen LogP contribution in [0.25, 0.3) is 0 Å². The third kappa shape index (κ3) is 4.66. The van der Waals surface area contributed by atoms with Gasteiger partial charge >= 0.3 is 0 Å². The third-order valence-electron chi connectivity index (χ3n) is 6.63. The number of carbonyl (C=O) groups excluding carboxylic acids is 2. The molecule has 2 aliphatic carbocycles. The number of carbonyl (C=O) groups is 2. The topological polar surface area (TPSA) is 83.0 Å². The van der Waals surface area contributed by atoms with E-state index in [0.29, 0.717) is 26.1 Å². The van der Waals surface area contributed by atoms with Crippen molar-refractivity contribution in [1.82, 2.24) is 15.5 Å². The molecule has 1 saturated carbocycles. The van der Waals surface area contributed by atoms with Gasteiger partial charge in [0.25, 0.3) is 0 Å². The third-order valence-corrected chi connectivity index (χ3v) is 6.63. The number of allylic oxidation sites excluding steroid dienone is 2. The van der Waals surface area contributed by atoms with Gasteiger partial charge in [0.1, 0.15) is 5.75 Å². The summed E-state index contributed by atoms with van der Waals surface area (Å²) in [6.07, 6.45) is 6.77. The quantitative estimate of drug-likeness (QED) is 0.193. The minimum absolute atomic E-state index is 0.0279. The molecule has 4 unspecified atom stereocenters. The van der Waals surface area contributed by atoms with Crippen LogP contribution in [0.3, 0.4) is 0 Å². The minimum atomic E-state index is -0.110. The number of nitrogens with one attached hydrogen (secondary N) is 2. The van der Waals surface area contributed by atoms with E-state index < -0.39 is 0 Å². The van der Waals surface area contributed by atoms with Crippen LogP contribution >= 0.6 is 0 Å². The number of hydrogen-bond acceptors (Lipinski definition) is 4. The molecule has 1 saturated heterocycles. The molecule has 4 atom stereocenters. The van der Waals surface area contributed by atoms with Gasteiger partial charge in [0.05, 0.1) is 18.4 Å². The molecule has 32 heavy (non-hydrogen) atoms. The number of likely N-dealkylation sites (tertiary alicyclic amines) is 1. The number of amides is 2. The van der Waals surface area contributed by atoms with Crippen LogP contribution in [0.1, 0.15) is 32.3 Å². The summed E-state index contributed by atoms with van der Waals surface area (Å²) in [6, 6.07) is 8.14. The standard InChI is InChI=1S/C25H34N4O3/c1-3-26-25(28-13-11-17-7-5-8-20(15-17)32-4-2)27-12-6-14-29-23(30)21-18-9-10-19(16-18)22(21)24(29)31/h5,7-10,15,18-19,21-22H,3-4,6,11-14,16H2,1-2H3,(H2,26,27,28). The van der Waals surface area contributed by atoms with Crippen LogP contribution in [0.5, 0.6) is 5.75 Å². The fraction of sp³-hybridized carbons (Fsp3) is 0.560. The Morgan fingerprint density at radius 3 is 2.56 bits per heavy atom. The lowest BCUT2D eigenvalue weighted by atomic mass is 9.85. The molecule has 2 amide bonds. The van der Waals surface area contributed by atoms with Crippen molar-refractivity contribution in [2.24, 2.45) is 28.7 Å². The molecule has 2 bridgehead atoms. The fourth-order valence-electron chi connectivity index (χ4n) is 5.23. The summed E-state index contributed by atoms with van der Waals surface area (Å²) in [5.41, 5.74) is 1.21. The highest BCUT2D eigenvalue weighted by Gasteiger charge is 2.58. The maximum atomic E-state index is 12.8. The van der Waals surface area contributed by atoms with Crippen LogP contribution < -0.4 is 15.4 Å². The molecule has 1 aromatic rings. The number of ether oxygens (including phenoxy) is 1. The summed E-state index contributed by atoms with van der Waals surface area (Å²) in [4.78, 5) is 31.6. The number of hydrogen-bond donors (Lipinski definition) is 2. The van der Waals surface area contributed by atoms with Gasteiger partial charge in [0.15, 0.2) is 5.96 Å². The average molecular weight is 439 g/mol. The number of nitrogens with zero attached hydrogens (tertiary/aromatic N) is 2. The first-order valence-corrected chi connectivity index (χ1v) is 11.9. The van der Waals surface area contributed by atoms with Crippen molar-refractivity contribution in [3.05, 3.63) is 42.0 Å². The minimum Gasteiger partial charge on any atom is -0.494 e. The Bertz CT molecular complexity index is 867. The van der Waals surface area contributed by atoms with Crippen LogP contribution in [0, 0.1) is 23.7 Å². The van der Waals surface area contributed by atoms with Gasteiger partial charge < -0.3 is 15.4 Å². The molecular weight excluding hydrogens is 404 g/mol. The monoisotopic (exact) mass is 438 g/mol. The van der Waals surface area contributed by atoms with Gasteiger partial charge in [-0.1, -0.05) is 24.3 Å². The van der Waals surface area contributed by atoms with Crippen molar-refractivity contribution in [2.75, 3.05) is 32.8 Å². The van der Waals surface area contributed by atoms with E-state index in [1.807, 2.05) is 26.0 Å². The average Bonchev–Trinajstić information content (AvgIpc) is 3.46. The second-order valence-electron chi connectivity index (χ2n) is 8.70. The van der Waals surface area contributed by atoms with Gasteiger partial charge in [-0.05, 0) is 62.6 Å². The molecule has 0 aromatic heterocycles. The Hall–Kier alpha value is -2.83. The molecular formula is C25H34N4O3. The Kier molecular flexibility index (Phi) is 7.12. The van der Waals surface area contributed by atoms with Crippen molar-refractivity contribution < 1.29 is 14.3 Å². The number of fused-ring (bicyclic) bond motifs is 5. The molecule has 4 rings (SSSR count). The highest BCUT2D eigenvalue weighted by atomic mass is 16.5. The van der Waals surface area contributed by atoms with E-state index in [1.165, 1.54) is 10.5 Å². The lowest BCUT2D eigenvalue weighted by Gasteiger charge is -2.17. The van der Waals surface area contributed by atoms with Gasteiger partial charge in [-0.15, -0.1) is 0 Å². The second kappa shape index (κ2) is 10.2. The molecule has 1 aliphatic heterocycles. The van der Waals surface area contributed by atoms with Gasteiger partial charge in [-0.3, -0.25) is 19.5 Å². The van der Waals surface area contributed by atoms with E-state index in [4.69, 9.17) is 4.74 Å². The first kappa shape index (κ1) is 22.4. The molecule has 7 heteroatoms. The number of rotatable bonds is 10. The first-order valence-electron chi connectivity index (χ1n) is 11.9. The number of aliphatic imine (C=N–C) groups is 1. The summed E-state index contributed by atoms with van der Waals surface area (Å²) in [5, 5.41) is 6.62. The molecule has 2 fully saturated rings. The predicted molar refractivity (Wildman–Crippen MR) is 124 cm³/mol. The van der Waals surface area contributed by atoms with Crippen LogP contribution in [0.2, 0.25) is 0 Å². The van der Waals surface area contributed by atoms with Gasteiger partial charge in [0.2, 0.25) is 11.8 Å². The summed E-state index contributed by atoms with van der Waals surface area (Å²) >= 11 is 0.